The van der Waals surface area contributed by atoms with Gasteiger partial charge in [-0.1, -0.05) is 0 Å². The van der Waals surface area contributed by atoms with E-state index < -0.39 is 0 Å². The van der Waals surface area contributed by atoms with E-state index in [1.54, 1.807) is 6.07 Å². The van der Waals surface area contributed by atoms with Crippen LogP contribution in [0, 0.1) is 11.7 Å². The third kappa shape index (κ3) is 3.20. The van der Waals surface area contributed by atoms with Crippen LogP contribution < -0.4 is 11.5 Å². The molecule has 0 saturated carbocycles. The van der Waals surface area contributed by atoms with Gasteiger partial charge in [-0.15, -0.1) is 0 Å². The lowest BCUT2D eigenvalue weighted by Gasteiger charge is -2.31. The number of anilines is 1. The second-order valence-corrected chi connectivity index (χ2v) is 4.87. The van der Waals surface area contributed by atoms with E-state index in [0.29, 0.717) is 18.8 Å². The predicted molar refractivity (Wildman–Crippen MR) is 68.0 cm³/mol. The Morgan fingerprint density at radius 1 is 1.44 bits per heavy atom. The van der Waals surface area contributed by atoms with Gasteiger partial charge in [-0.25, -0.2) is 4.39 Å². The van der Waals surface area contributed by atoms with Crippen LogP contribution in [0.5, 0.6) is 0 Å². The Labute approximate surface area is 106 Å². The number of halogens is 1. The van der Waals surface area contributed by atoms with Gasteiger partial charge in [-0.2, -0.15) is 0 Å². The van der Waals surface area contributed by atoms with Crippen molar-refractivity contribution in [2.45, 2.75) is 19.4 Å². The molecule has 98 valence electrons. The minimum absolute atomic E-state index is 0.0929. The zero-order valence-electron chi connectivity index (χ0n) is 10.2. The van der Waals surface area contributed by atoms with Crippen molar-refractivity contribution in [1.82, 2.24) is 4.90 Å². The van der Waals surface area contributed by atoms with Gasteiger partial charge in [0, 0.05) is 18.8 Å². The van der Waals surface area contributed by atoms with Crippen molar-refractivity contribution < 1.29 is 9.18 Å². The number of likely N-dealkylation sites (tertiary alicyclic amines) is 1. The minimum atomic E-state index is -0.325. The molecule has 1 unspecified atom stereocenters. The first-order chi connectivity index (χ1) is 8.54. The molecule has 2 rings (SSSR count). The van der Waals surface area contributed by atoms with Gasteiger partial charge in [-0.3, -0.25) is 9.69 Å². The first-order valence-corrected chi connectivity index (χ1v) is 6.11. The van der Waals surface area contributed by atoms with Gasteiger partial charge in [0.2, 0.25) is 5.91 Å². The number of piperidine rings is 1. The number of benzene rings is 1. The third-order valence-electron chi connectivity index (χ3n) is 3.29. The van der Waals surface area contributed by atoms with E-state index in [-0.39, 0.29) is 17.6 Å². The molecule has 1 aliphatic rings. The highest BCUT2D eigenvalue weighted by Gasteiger charge is 2.23. The fraction of sp³-hybridized carbons (Fsp3) is 0.462. The summed E-state index contributed by atoms with van der Waals surface area (Å²) in [4.78, 5) is 13.3. The standard InChI is InChI=1S/C13H18FN3O/c14-11-4-9(5-12(15)6-11)7-17-3-1-2-10(8-17)13(16)18/h4-6,10H,1-3,7-8,15H2,(H2,16,18). The lowest BCUT2D eigenvalue weighted by molar-refractivity contribution is -0.123. The van der Waals surface area contributed by atoms with Gasteiger partial charge in [0.15, 0.2) is 0 Å². The van der Waals surface area contributed by atoms with Crippen LogP contribution in [0.2, 0.25) is 0 Å². The molecule has 1 atom stereocenters. The Kier molecular flexibility index (Phi) is 3.81. The molecule has 0 spiro atoms. The van der Waals surface area contributed by atoms with Crippen molar-refractivity contribution in [2.24, 2.45) is 11.7 Å². The van der Waals surface area contributed by atoms with Crippen LogP contribution in [0.3, 0.4) is 0 Å². The Morgan fingerprint density at radius 2 is 2.22 bits per heavy atom. The van der Waals surface area contributed by atoms with Crippen molar-refractivity contribution in [3.63, 3.8) is 0 Å². The molecule has 1 aliphatic heterocycles. The number of nitrogen functional groups attached to an aromatic ring is 1. The molecule has 0 radical (unpaired) electrons. The summed E-state index contributed by atoms with van der Waals surface area (Å²) >= 11 is 0. The maximum atomic E-state index is 13.2. The molecule has 0 bridgehead atoms. The van der Waals surface area contributed by atoms with Crippen LogP contribution in [0.4, 0.5) is 10.1 Å². The van der Waals surface area contributed by atoms with Crippen molar-refractivity contribution in [3.05, 3.63) is 29.6 Å². The Bertz CT molecular complexity index is 430. The number of carbonyl (C=O) groups is 1. The average molecular weight is 251 g/mol. The number of hydrogen-bond acceptors (Lipinski definition) is 3. The number of nitrogens with two attached hydrogens (primary N) is 2. The maximum Gasteiger partial charge on any atom is 0.221 e. The smallest absolute Gasteiger partial charge is 0.221 e. The van der Waals surface area contributed by atoms with E-state index >= 15 is 0 Å². The van der Waals surface area contributed by atoms with Crippen molar-refractivity contribution in [2.75, 3.05) is 18.8 Å². The molecule has 4 N–H and O–H groups in total. The monoisotopic (exact) mass is 251 g/mol. The van der Waals surface area contributed by atoms with Gasteiger partial charge in [0.1, 0.15) is 5.82 Å². The predicted octanol–water partition coefficient (Wildman–Crippen LogP) is 1.11. The van der Waals surface area contributed by atoms with Crippen LogP contribution in [0.25, 0.3) is 0 Å². The summed E-state index contributed by atoms with van der Waals surface area (Å²) in [5, 5.41) is 0. The first-order valence-electron chi connectivity index (χ1n) is 6.11. The van der Waals surface area contributed by atoms with Crippen LogP contribution >= 0.6 is 0 Å². The molecule has 5 heteroatoms. The summed E-state index contributed by atoms with van der Waals surface area (Å²) in [5.41, 5.74) is 12.2. The number of hydrogen-bond donors (Lipinski definition) is 2. The van der Waals surface area contributed by atoms with Gasteiger partial charge >= 0.3 is 0 Å². The first kappa shape index (κ1) is 12.8. The molecule has 0 aliphatic carbocycles. The van der Waals surface area contributed by atoms with Crippen LogP contribution in [-0.2, 0) is 11.3 Å². The lowest BCUT2D eigenvalue weighted by Crippen LogP contribution is -2.40. The van der Waals surface area contributed by atoms with Gasteiger partial charge in [-0.05, 0) is 43.1 Å². The van der Waals surface area contributed by atoms with Crippen molar-refractivity contribution >= 4 is 11.6 Å². The van der Waals surface area contributed by atoms with E-state index in [4.69, 9.17) is 11.5 Å². The summed E-state index contributed by atoms with van der Waals surface area (Å²) in [6.45, 7) is 2.15. The van der Waals surface area contributed by atoms with E-state index in [0.717, 1.165) is 24.9 Å². The third-order valence-corrected chi connectivity index (χ3v) is 3.29. The SMILES string of the molecule is NC(=O)C1CCCN(Cc2cc(N)cc(F)c2)C1. The molecule has 1 aromatic rings. The fourth-order valence-corrected chi connectivity index (χ4v) is 2.46. The largest absolute Gasteiger partial charge is 0.399 e. The number of amides is 1. The molecular weight excluding hydrogens is 233 g/mol. The van der Waals surface area contributed by atoms with Crippen LogP contribution in [0.1, 0.15) is 18.4 Å². The van der Waals surface area contributed by atoms with Gasteiger partial charge in [0.05, 0.1) is 5.92 Å². The highest BCUT2D eigenvalue weighted by Crippen LogP contribution is 2.19. The molecular formula is C13H18FN3O. The quantitative estimate of drug-likeness (QED) is 0.790. The number of primary amides is 1. The summed E-state index contributed by atoms with van der Waals surface area (Å²) in [6.07, 6.45) is 1.79. The molecule has 18 heavy (non-hydrogen) atoms. The van der Waals surface area contributed by atoms with Gasteiger partial charge in [0.25, 0.3) is 0 Å². The zero-order valence-corrected chi connectivity index (χ0v) is 10.2. The highest BCUT2D eigenvalue weighted by atomic mass is 19.1. The van der Waals surface area contributed by atoms with Crippen LogP contribution in [-0.4, -0.2) is 23.9 Å². The Hall–Kier alpha value is -1.62. The molecule has 1 fully saturated rings. The van der Waals surface area contributed by atoms with Crippen LogP contribution in [0.15, 0.2) is 18.2 Å². The topological polar surface area (TPSA) is 72.4 Å². The molecule has 1 heterocycles. The van der Waals surface area contributed by atoms with Crippen molar-refractivity contribution in [1.29, 1.82) is 0 Å². The van der Waals surface area contributed by atoms with E-state index in [2.05, 4.69) is 4.90 Å². The Balaban J connectivity index is 2.02. The number of nitrogens with zero attached hydrogens (tertiary/aromatic N) is 1. The second kappa shape index (κ2) is 5.35. The summed E-state index contributed by atoms with van der Waals surface area (Å²) in [7, 11) is 0. The second-order valence-electron chi connectivity index (χ2n) is 4.87. The highest BCUT2D eigenvalue weighted by molar-refractivity contribution is 5.76. The molecule has 1 aromatic carbocycles. The van der Waals surface area contributed by atoms with E-state index in [9.17, 15) is 9.18 Å². The molecule has 4 nitrogen and oxygen atoms in total. The molecule has 0 aromatic heterocycles. The van der Waals surface area contributed by atoms with Crippen molar-refractivity contribution in [3.8, 4) is 0 Å². The normalized spacial score (nSPS) is 20.8. The summed E-state index contributed by atoms with van der Waals surface area (Å²) < 4.78 is 13.2. The molecule has 1 amide bonds. The fourth-order valence-electron chi connectivity index (χ4n) is 2.46. The van der Waals surface area contributed by atoms with E-state index in [1.807, 2.05) is 0 Å². The Morgan fingerprint density at radius 3 is 2.89 bits per heavy atom. The maximum absolute atomic E-state index is 13.2. The van der Waals surface area contributed by atoms with E-state index in [1.165, 1.54) is 12.1 Å². The average Bonchev–Trinajstić information content (AvgIpc) is 2.27. The minimum Gasteiger partial charge on any atom is -0.399 e. The lowest BCUT2D eigenvalue weighted by atomic mass is 9.97. The molecule has 1 saturated heterocycles. The number of rotatable bonds is 3. The zero-order chi connectivity index (χ0) is 13.1. The number of carbonyl (C=O) groups excluding carboxylic acids is 1. The summed E-state index contributed by atoms with van der Waals surface area (Å²) in [5.74, 6) is -0.670. The summed E-state index contributed by atoms with van der Waals surface area (Å²) in [6, 6.07) is 4.53. The van der Waals surface area contributed by atoms with Gasteiger partial charge < -0.3 is 11.5 Å².